The molecule has 22 heavy (non-hydrogen) atoms. The molecular weight excluding hydrogens is 342 g/mol. The van der Waals surface area contributed by atoms with Crippen LogP contribution in [0.2, 0.25) is 0 Å². The van der Waals surface area contributed by atoms with E-state index in [0.717, 1.165) is 47.3 Å². The van der Waals surface area contributed by atoms with Gasteiger partial charge in [-0.25, -0.2) is 0 Å². The van der Waals surface area contributed by atoms with Crippen LogP contribution >= 0.6 is 15.9 Å². The van der Waals surface area contributed by atoms with Gasteiger partial charge >= 0.3 is 0 Å². The number of nitrogens with one attached hydrogen (secondary N) is 1. The monoisotopic (exact) mass is 359 g/mol. The Hall–Kier alpha value is -1.88. The zero-order chi connectivity index (χ0) is 15.5. The van der Waals surface area contributed by atoms with Gasteiger partial charge in [-0.2, -0.15) is 0 Å². The van der Waals surface area contributed by atoms with Gasteiger partial charge in [-0.15, -0.1) is 0 Å². The van der Waals surface area contributed by atoms with Gasteiger partial charge in [-0.1, -0.05) is 15.9 Å². The molecule has 1 aliphatic heterocycles. The van der Waals surface area contributed by atoms with E-state index < -0.39 is 0 Å². The van der Waals surface area contributed by atoms with Crippen LogP contribution in [0.5, 0.6) is 0 Å². The molecule has 1 amide bonds. The number of anilines is 2. The number of carbonyl (C=O) groups is 1. The van der Waals surface area contributed by atoms with Gasteiger partial charge in [0.2, 0.25) is 0 Å². The lowest BCUT2D eigenvalue weighted by atomic mass is 10.2. The molecule has 1 fully saturated rings. The zero-order valence-electron chi connectivity index (χ0n) is 12.5. The number of hydrogen-bond donors (Lipinski definition) is 1. The Balaban J connectivity index is 1.78. The lowest BCUT2D eigenvalue weighted by molar-refractivity contribution is 0.0792. The van der Waals surface area contributed by atoms with Crippen LogP contribution in [0, 0.1) is 6.92 Å². The molecule has 0 saturated carbocycles. The number of rotatable bonds is 3. The number of carbonyl (C=O) groups excluding carboxylic acids is 1. The van der Waals surface area contributed by atoms with Crippen molar-refractivity contribution in [1.82, 2.24) is 9.88 Å². The molecule has 0 radical (unpaired) electrons. The molecule has 1 saturated heterocycles. The van der Waals surface area contributed by atoms with E-state index in [-0.39, 0.29) is 5.91 Å². The summed E-state index contributed by atoms with van der Waals surface area (Å²) < 4.78 is 1.08. The third-order valence-corrected chi connectivity index (χ3v) is 4.71. The molecule has 2 heterocycles. The first-order valence-corrected chi connectivity index (χ1v) is 8.20. The summed E-state index contributed by atoms with van der Waals surface area (Å²) in [5.41, 5.74) is 3.60. The van der Waals surface area contributed by atoms with E-state index in [1.807, 2.05) is 30.0 Å². The molecule has 0 unspecified atom stereocenters. The van der Waals surface area contributed by atoms with Crippen molar-refractivity contribution in [1.29, 1.82) is 0 Å². The molecule has 0 spiro atoms. The minimum Gasteiger partial charge on any atom is -0.354 e. The molecule has 5 heteroatoms. The number of hydrogen-bond acceptors (Lipinski definition) is 3. The summed E-state index contributed by atoms with van der Waals surface area (Å²) in [7, 11) is 0. The van der Waals surface area contributed by atoms with Gasteiger partial charge in [0, 0.05) is 29.4 Å². The van der Waals surface area contributed by atoms with Crippen molar-refractivity contribution in [3.8, 4) is 0 Å². The molecule has 0 bridgehead atoms. The maximum atomic E-state index is 12.4. The van der Waals surface area contributed by atoms with Gasteiger partial charge < -0.3 is 10.2 Å². The third-order valence-electron chi connectivity index (χ3n) is 3.83. The van der Waals surface area contributed by atoms with Crippen molar-refractivity contribution in [3.05, 3.63) is 52.3 Å². The van der Waals surface area contributed by atoms with Gasteiger partial charge in [0.25, 0.3) is 5.91 Å². The van der Waals surface area contributed by atoms with Crippen molar-refractivity contribution in [2.75, 3.05) is 18.4 Å². The number of amides is 1. The van der Waals surface area contributed by atoms with Crippen molar-refractivity contribution < 1.29 is 4.79 Å². The number of nitrogens with zero attached hydrogens (tertiary/aromatic N) is 2. The summed E-state index contributed by atoms with van der Waals surface area (Å²) >= 11 is 3.49. The Labute approximate surface area is 138 Å². The van der Waals surface area contributed by atoms with Crippen LogP contribution in [0.25, 0.3) is 0 Å². The van der Waals surface area contributed by atoms with E-state index in [1.54, 1.807) is 12.4 Å². The van der Waals surface area contributed by atoms with E-state index in [2.05, 4.69) is 32.3 Å². The fraction of sp³-hybridized carbons (Fsp3) is 0.294. The average molecular weight is 360 g/mol. The second-order valence-electron chi connectivity index (χ2n) is 5.55. The maximum Gasteiger partial charge on any atom is 0.255 e. The van der Waals surface area contributed by atoms with Gasteiger partial charge in [-0.05, 0) is 49.6 Å². The molecule has 1 aromatic heterocycles. The SMILES string of the molecule is Cc1cc(Nc2cncc(C(=O)N3CCCC3)c2)ccc1Br. The van der Waals surface area contributed by atoms with Crippen LogP contribution in [0.15, 0.2) is 41.1 Å². The smallest absolute Gasteiger partial charge is 0.255 e. The molecule has 1 aliphatic rings. The first-order chi connectivity index (χ1) is 10.6. The second-order valence-corrected chi connectivity index (χ2v) is 6.40. The topological polar surface area (TPSA) is 45.2 Å². The van der Waals surface area contributed by atoms with Crippen molar-refractivity contribution >= 4 is 33.2 Å². The van der Waals surface area contributed by atoms with Crippen LogP contribution in [-0.2, 0) is 0 Å². The Bertz CT molecular complexity index is 696. The molecular formula is C17H18BrN3O. The van der Waals surface area contributed by atoms with Crippen molar-refractivity contribution in [2.45, 2.75) is 19.8 Å². The van der Waals surface area contributed by atoms with Gasteiger partial charge in [0.15, 0.2) is 0 Å². The predicted octanol–water partition coefficient (Wildman–Crippen LogP) is 4.13. The molecule has 114 valence electrons. The van der Waals surface area contributed by atoms with E-state index in [4.69, 9.17) is 0 Å². The van der Waals surface area contributed by atoms with Crippen molar-refractivity contribution in [2.24, 2.45) is 0 Å². The largest absolute Gasteiger partial charge is 0.354 e. The quantitative estimate of drug-likeness (QED) is 0.895. The predicted molar refractivity (Wildman–Crippen MR) is 91.5 cm³/mol. The van der Waals surface area contributed by atoms with Gasteiger partial charge in [-0.3, -0.25) is 9.78 Å². The molecule has 1 N–H and O–H groups in total. The molecule has 3 rings (SSSR count). The average Bonchev–Trinajstić information content (AvgIpc) is 3.05. The summed E-state index contributed by atoms with van der Waals surface area (Å²) in [5.74, 6) is 0.0700. The molecule has 2 aromatic rings. The number of benzene rings is 1. The number of pyridine rings is 1. The summed E-state index contributed by atoms with van der Waals surface area (Å²) in [4.78, 5) is 18.5. The number of halogens is 1. The van der Waals surface area contributed by atoms with Crippen LogP contribution < -0.4 is 5.32 Å². The fourth-order valence-corrected chi connectivity index (χ4v) is 2.86. The van der Waals surface area contributed by atoms with Crippen LogP contribution in [0.1, 0.15) is 28.8 Å². The summed E-state index contributed by atoms with van der Waals surface area (Å²) in [6.45, 7) is 3.74. The molecule has 1 aromatic carbocycles. The highest BCUT2D eigenvalue weighted by Gasteiger charge is 2.19. The van der Waals surface area contributed by atoms with E-state index in [9.17, 15) is 4.79 Å². The molecule has 0 atom stereocenters. The Morgan fingerprint density at radius 2 is 1.95 bits per heavy atom. The number of aryl methyl sites for hydroxylation is 1. The van der Waals surface area contributed by atoms with Crippen LogP contribution in [0.4, 0.5) is 11.4 Å². The molecule has 0 aliphatic carbocycles. The summed E-state index contributed by atoms with van der Waals surface area (Å²) in [5, 5.41) is 3.30. The highest BCUT2D eigenvalue weighted by atomic mass is 79.9. The maximum absolute atomic E-state index is 12.4. The van der Waals surface area contributed by atoms with E-state index in [1.165, 1.54) is 0 Å². The Morgan fingerprint density at radius 3 is 2.68 bits per heavy atom. The summed E-state index contributed by atoms with van der Waals surface area (Å²) in [6, 6.07) is 7.92. The van der Waals surface area contributed by atoms with E-state index >= 15 is 0 Å². The van der Waals surface area contributed by atoms with Gasteiger partial charge in [0.05, 0.1) is 17.4 Å². The Kier molecular flexibility index (Phi) is 4.43. The van der Waals surface area contributed by atoms with Crippen LogP contribution in [0.3, 0.4) is 0 Å². The van der Waals surface area contributed by atoms with E-state index in [0.29, 0.717) is 5.56 Å². The number of aromatic nitrogens is 1. The minimum atomic E-state index is 0.0700. The fourth-order valence-electron chi connectivity index (χ4n) is 2.62. The lowest BCUT2D eigenvalue weighted by Crippen LogP contribution is -2.27. The number of likely N-dealkylation sites (tertiary alicyclic amines) is 1. The second kappa shape index (κ2) is 6.48. The zero-order valence-corrected chi connectivity index (χ0v) is 14.1. The van der Waals surface area contributed by atoms with Crippen molar-refractivity contribution in [3.63, 3.8) is 0 Å². The first-order valence-electron chi connectivity index (χ1n) is 7.41. The first kappa shape index (κ1) is 15.0. The molecule has 4 nitrogen and oxygen atoms in total. The standard InChI is InChI=1S/C17H18BrN3O/c1-12-8-14(4-5-16(12)18)20-15-9-13(10-19-11-15)17(22)21-6-2-3-7-21/h4-5,8-11,20H,2-3,6-7H2,1H3. The van der Waals surface area contributed by atoms with Gasteiger partial charge in [0.1, 0.15) is 0 Å². The summed E-state index contributed by atoms with van der Waals surface area (Å²) in [6.07, 6.45) is 5.56. The highest BCUT2D eigenvalue weighted by molar-refractivity contribution is 9.10. The highest BCUT2D eigenvalue weighted by Crippen LogP contribution is 2.23. The van der Waals surface area contributed by atoms with Crippen LogP contribution in [-0.4, -0.2) is 28.9 Å². The minimum absolute atomic E-state index is 0.0700. The Morgan fingerprint density at radius 1 is 1.18 bits per heavy atom. The third kappa shape index (κ3) is 3.30. The normalized spacial score (nSPS) is 14.2. The lowest BCUT2D eigenvalue weighted by Gasteiger charge is -2.15.